The third-order valence-electron chi connectivity index (χ3n) is 4.91. The molecule has 0 saturated heterocycles. The molecular weight excluding hydrogens is 424 g/mol. The molecule has 3 N–H and O–H groups in total. The number of fused-ring (bicyclic) bond motifs is 1. The average Bonchev–Trinajstić information content (AvgIpc) is 2.72. The van der Waals surface area contributed by atoms with Crippen LogP contribution in [0.15, 0.2) is 41.6 Å². The number of phenols is 1. The van der Waals surface area contributed by atoms with Gasteiger partial charge in [0.15, 0.2) is 12.4 Å². The summed E-state index contributed by atoms with van der Waals surface area (Å²) in [7, 11) is 0. The number of esters is 1. The smallest absolute Gasteiger partial charge is 0.338 e. The number of cyclic esters (lactones) is 1. The van der Waals surface area contributed by atoms with Gasteiger partial charge in [-0.25, -0.2) is 4.79 Å². The number of Topliss-reactive ketones (excluding diaryl/α,β-unsaturated/α-hetero) is 1. The Kier molecular flexibility index (Phi) is 10.8. The molecule has 1 aromatic rings. The average molecular weight is 459 g/mol. The maximum absolute atomic E-state index is 13.0. The van der Waals surface area contributed by atoms with Crippen LogP contribution in [0.2, 0.25) is 0 Å². The summed E-state index contributed by atoms with van der Waals surface area (Å²) in [5, 5.41) is 14.2. The molecular formula is C25H34N2O6. The molecule has 1 aromatic carbocycles. The fraction of sp³-hybridized carbons (Fsp3) is 0.480. The highest BCUT2D eigenvalue weighted by atomic mass is 16.6. The molecule has 2 atom stereocenters. The molecule has 0 aromatic heterocycles. The minimum Gasteiger partial charge on any atom is -0.508 e. The molecule has 0 fully saturated rings. The van der Waals surface area contributed by atoms with E-state index in [0.717, 1.165) is 6.42 Å². The molecule has 0 saturated carbocycles. The summed E-state index contributed by atoms with van der Waals surface area (Å²) < 4.78 is 11.6. The maximum Gasteiger partial charge on any atom is 0.338 e. The molecule has 0 amide bonds. The number of oxime groups is 1. The number of hydrogen-bond acceptors (Lipinski definition) is 8. The van der Waals surface area contributed by atoms with Gasteiger partial charge in [0.25, 0.3) is 0 Å². The van der Waals surface area contributed by atoms with Gasteiger partial charge < -0.3 is 25.2 Å². The molecule has 1 unspecified atom stereocenters. The van der Waals surface area contributed by atoms with Gasteiger partial charge in [0.05, 0.1) is 17.4 Å². The number of allylic oxidation sites excluding steroid dienone is 1. The molecule has 180 valence electrons. The fourth-order valence-corrected chi connectivity index (χ4v) is 3.36. The number of carbonyl (C=O) groups excluding carboxylic acids is 2. The van der Waals surface area contributed by atoms with Crippen LogP contribution in [0.25, 0.3) is 0 Å². The van der Waals surface area contributed by atoms with Crippen LogP contribution in [0.3, 0.4) is 0 Å². The van der Waals surface area contributed by atoms with Crippen LogP contribution in [0.1, 0.15) is 54.6 Å². The normalized spacial score (nSPS) is 22.7. The van der Waals surface area contributed by atoms with Crippen molar-refractivity contribution in [2.45, 2.75) is 58.7 Å². The van der Waals surface area contributed by atoms with Gasteiger partial charge in [0, 0.05) is 19.4 Å². The lowest BCUT2D eigenvalue weighted by Gasteiger charge is -2.17. The molecule has 2 rings (SSSR count). The van der Waals surface area contributed by atoms with Crippen molar-refractivity contribution < 1.29 is 29.0 Å². The van der Waals surface area contributed by atoms with Gasteiger partial charge in [-0.2, -0.15) is 0 Å². The van der Waals surface area contributed by atoms with Gasteiger partial charge in [0.2, 0.25) is 0 Å². The van der Waals surface area contributed by atoms with E-state index in [0.29, 0.717) is 48.4 Å². The summed E-state index contributed by atoms with van der Waals surface area (Å²) in [6, 6.07) is 3.04. The SMILES string of the molecule is CC(=O)CO/N=C1\C=C\CC(OCCCN)/C=C/C[C@@H](C)OC(=O)c2c(C)cc(O)cc2C1. The third kappa shape index (κ3) is 9.19. The largest absolute Gasteiger partial charge is 0.508 e. The Morgan fingerprint density at radius 1 is 1.30 bits per heavy atom. The second-order valence-electron chi connectivity index (χ2n) is 8.10. The highest BCUT2D eigenvalue weighted by molar-refractivity contribution is 6.00. The van der Waals surface area contributed by atoms with Gasteiger partial charge in [-0.3, -0.25) is 4.79 Å². The van der Waals surface area contributed by atoms with Crippen LogP contribution in [-0.4, -0.2) is 54.5 Å². The number of hydrogen-bond donors (Lipinski definition) is 2. The van der Waals surface area contributed by atoms with Crippen molar-refractivity contribution in [2.75, 3.05) is 19.8 Å². The zero-order valence-corrected chi connectivity index (χ0v) is 19.6. The number of aryl methyl sites for hydroxylation is 1. The van der Waals surface area contributed by atoms with Crippen molar-refractivity contribution in [3.05, 3.63) is 53.1 Å². The molecule has 8 heteroatoms. The first-order valence-corrected chi connectivity index (χ1v) is 11.2. The Balaban J connectivity index is 2.40. The van der Waals surface area contributed by atoms with Crippen LogP contribution < -0.4 is 5.73 Å². The van der Waals surface area contributed by atoms with Crippen molar-refractivity contribution in [1.29, 1.82) is 0 Å². The molecule has 1 aliphatic heterocycles. The minimum absolute atomic E-state index is 0.0394. The number of rotatable bonds is 7. The van der Waals surface area contributed by atoms with Gasteiger partial charge in [-0.15, -0.1) is 0 Å². The van der Waals surface area contributed by atoms with Crippen LogP contribution >= 0.6 is 0 Å². The Bertz CT molecular complexity index is 906. The van der Waals surface area contributed by atoms with Crippen molar-refractivity contribution in [2.24, 2.45) is 10.9 Å². The van der Waals surface area contributed by atoms with Crippen LogP contribution in [0.5, 0.6) is 5.75 Å². The monoisotopic (exact) mass is 458 g/mol. The Labute approximate surface area is 195 Å². The number of nitrogens with zero attached hydrogens (tertiary/aromatic N) is 1. The van der Waals surface area contributed by atoms with E-state index in [1.165, 1.54) is 19.1 Å². The van der Waals surface area contributed by atoms with Crippen molar-refractivity contribution in [3.63, 3.8) is 0 Å². The molecule has 1 heterocycles. The summed E-state index contributed by atoms with van der Waals surface area (Å²) in [5.41, 5.74) is 7.60. The van der Waals surface area contributed by atoms with Crippen molar-refractivity contribution in [1.82, 2.24) is 0 Å². The summed E-state index contributed by atoms with van der Waals surface area (Å²) in [6.07, 6.45) is 9.17. The van der Waals surface area contributed by atoms with E-state index in [1.54, 1.807) is 13.0 Å². The first-order chi connectivity index (χ1) is 15.8. The second kappa shape index (κ2) is 13.5. The minimum atomic E-state index is -0.468. The van der Waals surface area contributed by atoms with Gasteiger partial charge in [-0.1, -0.05) is 23.4 Å². The van der Waals surface area contributed by atoms with Gasteiger partial charge >= 0.3 is 5.97 Å². The van der Waals surface area contributed by atoms with Crippen LogP contribution in [0.4, 0.5) is 0 Å². The molecule has 33 heavy (non-hydrogen) atoms. The van der Waals surface area contributed by atoms with Crippen molar-refractivity contribution in [3.8, 4) is 5.75 Å². The summed E-state index contributed by atoms with van der Waals surface area (Å²) in [6.45, 7) is 5.92. The van der Waals surface area contributed by atoms with E-state index in [2.05, 4.69) is 5.16 Å². The molecule has 1 aliphatic rings. The Morgan fingerprint density at radius 2 is 2.09 bits per heavy atom. The topological polar surface area (TPSA) is 120 Å². The second-order valence-corrected chi connectivity index (χ2v) is 8.10. The van der Waals surface area contributed by atoms with Crippen LogP contribution in [0, 0.1) is 6.92 Å². The lowest BCUT2D eigenvalue weighted by atomic mass is 9.96. The Morgan fingerprint density at radius 3 is 2.82 bits per heavy atom. The Hall–Kier alpha value is -2.97. The van der Waals surface area contributed by atoms with E-state index in [9.17, 15) is 14.7 Å². The zero-order valence-electron chi connectivity index (χ0n) is 19.6. The quantitative estimate of drug-likeness (QED) is 0.278. The number of phenolic OH excluding ortho intramolecular Hbond substituents is 1. The third-order valence-corrected chi connectivity index (χ3v) is 4.91. The molecule has 0 radical (unpaired) electrons. The predicted octanol–water partition coefficient (Wildman–Crippen LogP) is 3.39. The number of benzene rings is 1. The summed E-state index contributed by atoms with van der Waals surface area (Å²) in [5.74, 6) is -0.587. The lowest BCUT2D eigenvalue weighted by molar-refractivity contribution is -0.121. The van der Waals surface area contributed by atoms with E-state index in [4.69, 9.17) is 20.0 Å². The predicted molar refractivity (Wildman–Crippen MR) is 126 cm³/mol. The first kappa shape index (κ1) is 26.3. The standard InChI is InChI=1S/C25H34N2O6/c1-17-13-22(29)15-20-14-21(27-32-16-18(2)28)8-5-10-23(31-12-6-11-26)9-4-7-19(3)33-25(30)24(17)20/h4-5,8-9,13,15,19,23,29H,6-7,10-12,14,16,26H2,1-3H3/b8-5+,9-4+,27-21+/t19-,23?/m1/s1. The molecule has 0 aliphatic carbocycles. The molecule has 0 bridgehead atoms. The molecule has 8 nitrogen and oxygen atoms in total. The summed E-state index contributed by atoms with van der Waals surface area (Å²) >= 11 is 0. The highest BCUT2D eigenvalue weighted by Gasteiger charge is 2.20. The van der Waals surface area contributed by atoms with Gasteiger partial charge in [0.1, 0.15) is 11.9 Å². The zero-order chi connectivity index (χ0) is 24.2. The number of aromatic hydroxyl groups is 1. The maximum atomic E-state index is 13.0. The first-order valence-electron chi connectivity index (χ1n) is 11.2. The van der Waals surface area contributed by atoms with Crippen LogP contribution in [-0.2, 0) is 25.5 Å². The number of carbonyl (C=O) groups is 2. The van der Waals surface area contributed by atoms with E-state index >= 15 is 0 Å². The fourth-order valence-electron chi connectivity index (χ4n) is 3.36. The van der Waals surface area contributed by atoms with E-state index in [1.807, 2.05) is 25.2 Å². The molecule has 0 spiro atoms. The summed E-state index contributed by atoms with van der Waals surface area (Å²) in [4.78, 5) is 29.4. The van der Waals surface area contributed by atoms with Gasteiger partial charge in [-0.05, 0) is 69.5 Å². The number of ketones is 1. The van der Waals surface area contributed by atoms with E-state index in [-0.39, 0.29) is 36.8 Å². The van der Waals surface area contributed by atoms with Crippen molar-refractivity contribution >= 4 is 17.5 Å². The van der Waals surface area contributed by atoms with E-state index < -0.39 is 5.97 Å². The number of nitrogens with two attached hydrogens (primary N) is 1. The number of ether oxygens (including phenoxy) is 2. The highest BCUT2D eigenvalue weighted by Crippen LogP contribution is 2.24. The lowest BCUT2D eigenvalue weighted by Crippen LogP contribution is -2.19.